The Morgan fingerprint density at radius 2 is 2.12 bits per heavy atom. The molecule has 0 aromatic heterocycles. The van der Waals surface area contributed by atoms with E-state index in [-0.39, 0.29) is 12.8 Å². The maximum Gasteiger partial charge on any atom is 0.405 e. The second kappa shape index (κ2) is 6.81. The molecule has 1 aromatic rings. The first-order valence-electron chi connectivity index (χ1n) is 7.78. The maximum atomic E-state index is 13.5. The molecule has 1 heterocycles. The SMILES string of the molecule is CC1(C)CC(=O)NN1C(CCCc1cccc(C#N)c1)C(F)(F)F. The molecule has 0 bridgehead atoms. The summed E-state index contributed by atoms with van der Waals surface area (Å²) in [5, 5.41) is 9.91. The lowest BCUT2D eigenvalue weighted by molar-refractivity contribution is -0.202. The number of benzene rings is 1. The molecule has 4 nitrogen and oxygen atoms in total. The Balaban J connectivity index is 2.05. The number of nitrogens with one attached hydrogen (secondary N) is 1. The molecule has 0 spiro atoms. The summed E-state index contributed by atoms with van der Waals surface area (Å²) in [5.74, 6) is -0.393. The van der Waals surface area contributed by atoms with Gasteiger partial charge in [0.25, 0.3) is 0 Å². The van der Waals surface area contributed by atoms with E-state index in [1.807, 2.05) is 6.07 Å². The number of aryl methyl sites for hydroxylation is 1. The van der Waals surface area contributed by atoms with Crippen LogP contribution in [0.25, 0.3) is 0 Å². The van der Waals surface area contributed by atoms with Crippen LogP contribution in [0.4, 0.5) is 13.2 Å². The van der Waals surface area contributed by atoms with Crippen LogP contribution in [0.15, 0.2) is 24.3 Å². The molecule has 0 radical (unpaired) electrons. The average Bonchev–Trinajstić information content (AvgIpc) is 2.75. The van der Waals surface area contributed by atoms with E-state index in [1.54, 1.807) is 38.1 Å². The van der Waals surface area contributed by atoms with E-state index in [0.717, 1.165) is 10.6 Å². The Bertz CT molecular complexity index is 649. The van der Waals surface area contributed by atoms with Crippen LogP contribution >= 0.6 is 0 Å². The quantitative estimate of drug-likeness (QED) is 0.895. The van der Waals surface area contributed by atoms with Crippen LogP contribution < -0.4 is 5.43 Å². The van der Waals surface area contributed by atoms with Crippen molar-refractivity contribution in [3.63, 3.8) is 0 Å². The van der Waals surface area contributed by atoms with E-state index in [4.69, 9.17) is 5.26 Å². The zero-order valence-electron chi connectivity index (χ0n) is 13.7. The second-order valence-corrected chi connectivity index (χ2v) is 6.66. The number of halogens is 3. The molecular weight excluding hydrogens is 319 g/mol. The van der Waals surface area contributed by atoms with Crippen molar-refractivity contribution >= 4 is 5.91 Å². The minimum absolute atomic E-state index is 0.0454. The van der Waals surface area contributed by atoms with Crippen molar-refractivity contribution in [2.45, 2.75) is 57.3 Å². The number of amides is 1. The lowest BCUT2D eigenvalue weighted by Crippen LogP contribution is -2.56. The van der Waals surface area contributed by atoms with Crippen molar-refractivity contribution in [2.24, 2.45) is 0 Å². The van der Waals surface area contributed by atoms with Crippen molar-refractivity contribution < 1.29 is 18.0 Å². The Morgan fingerprint density at radius 3 is 2.67 bits per heavy atom. The Morgan fingerprint density at radius 1 is 1.42 bits per heavy atom. The molecule has 1 aliphatic heterocycles. The van der Waals surface area contributed by atoms with Gasteiger partial charge in [-0.1, -0.05) is 12.1 Å². The first-order valence-corrected chi connectivity index (χ1v) is 7.78. The predicted molar refractivity (Wildman–Crippen MR) is 82.6 cm³/mol. The highest BCUT2D eigenvalue weighted by molar-refractivity contribution is 5.78. The lowest BCUT2D eigenvalue weighted by atomic mass is 9.97. The normalized spacial score (nSPS) is 18.9. The fraction of sp³-hybridized carbons (Fsp3) is 0.529. The first-order chi connectivity index (χ1) is 11.1. The van der Waals surface area contributed by atoms with E-state index in [2.05, 4.69) is 5.43 Å². The molecule has 2 rings (SSSR count). The van der Waals surface area contributed by atoms with Gasteiger partial charge in [-0.15, -0.1) is 0 Å². The van der Waals surface area contributed by atoms with Crippen LogP contribution in [0.3, 0.4) is 0 Å². The summed E-state index contributed by atoms with van der Waals surface area (Å²) in [6.07, 6.45) is -3.75. The number of nitriles is 1. The van der Waals surface area contributed by atoms with E-state index < -0.39 is 23.7 Å². The van der Waals surface area contributed by atoms with Gasteiger partial charge in [0.2, 0.25) is 5.91 Å². The molecular formula is C17H20F3N3O. The van der Waals surface area contributed by atoms with Crippen molar-refractivity contribution in [1.82, 2.24) is 10.4 Å². The Kier molecular flexibility index (Phi) is 5.19. The zero-order valence-corrected chi connectivity index (χ0v) is 13.7. The smallest absolute Gasteiger partial charge is 0.288 e. The van der Waals surface area contributed by atoms with E-state index in [9.17, 15) is 18.0 Å². The van der Waals surface area contributed by atoms with Crippen LogP contribution in [0.1, 0.15) is 44.2 Å². The number of alkyl halides is 3. The van der Waals surface area contributed by atoms with Gasteiger partial charge in [-0.2, -0.15) is 18.4 Å². The highest BCUT2D eigenvalue weighted by atomic mass is 19.4. The van der Waals surface area contributed by atoms with E-state index in [0.29, 0.717) is 18.4 Å². The lowest BCUT2D eigenvalue weighted by Gasteiger charge is -2.37. The molecule has 1 N–H and O–H groups in total. The molecule has 130 valence electrons. The summed E-state index contributed by atoms with van der Waals surface area (Å²) in [4.78, 5) is 11.5. The third kappa shape index (κ3) is 4.26. The standard InChI is InChI=1S/C17H20F3N3O/c1-16(2)10-15(24)22-23(16)14(17(18,19)20)8-4-6-12-5-3-7-13(9-12)11-21/h3,5,7,9,14H,4,6,8,10H2,1-2H3,(H,22,24). The molecule has 1 aliphatic rings. The fourth-order valence-corrected chi connectivity index (χ4v) is 3.04. The summed E-state index contributed by atoms with van der Waals surface area (Å²) >= 11 is 0. The highest BCUT2D eigenvalue weighted by Crippen LogP contribution is 2.35. The molecule has 7 heteroatoms. The molecule has 24 heavy (non-hydrogen) atoms. The summed E-state index contributed by atoms with van der Waals surface area (Å²) in [6.45, 7) is 3.25. The number of hydrazine groups is 1. The van der Waals surface area contributed by atoms with Crippen LogP contribution in [0, 0.1) is 11.3 Å². The molecule has 0 saturated carbocycles. The summed E-state index contributed by atoms with van der Waals surface area (Å²) in [5.41, 5.74) is 2.80. The molecule has 1 saturated heterocycles. The molecule has 0 aliphatic carbocycles. The van der Waals surface area contributed by atoms with Crippen LogP contribution in [0.2, 0.25) is 0 Å². The molecule has 1 fully saturated rings. The van der Waals surface area contributed by atoms with E-state index in [1.165, 1.54) is 0 Å². The minimum Gasteiger partial charge on any atom is -0.288 e. The average molecular weight is 339 g/mol. The number of carbonyl (C=O) groups is 1. The van der Waals surface area contributed by atoms with Crippen molar-refractivity contribution in [2.75, 3.05) is 0 Å². The first kappa shape index (κ1) is 18.3. The van der Waals surface area contributed by atoms with Gasteiger partial charge in [0, 0.05) is 12.0 Å². The van der Waals surface area contributed by atoms with Gasteiger partial charge >= 0.3 is 6.18 Å². The topological polar surface area (TPSA) is 56.1 Å². The Labute approximate surface area is 139 Å². The number of carbonyl (C=O) groups excluding carboxylic acids is 1. The highest BCUT2D eigenvalue weighted by Gasteiger charge is 2.51. The third-order valence-corrected chi connectivity index (χ3v) is 4.18. The number of hydrogen-bond donors (Lipinski definition) is 1. The van der Waals surface area contributed by atoms with Gasteiger partial charge in [0.1, 0.15) is 6.04 Å². The Hall–Kier alpha value is -2.07. The predicted octanol–water partition coefficient (Wildman–Crippen LogP) is 3.33. The third-order valence-electron chi connectivity index (χ3n) is 4.18. The number of hydrogen-bond acceptors (Lipinski definition) is 3. The van der Waals surface area contributed by atoms with Gasteiger partial charge < -0.3 is 0 Å². The van der Waals surface area contributed by atoms with Crippen molar-refractivity contribution in [3.8, 4) is 6.07 Å². The summed E-state index contributed by atoms with van der Waals surface area (Å²) in [6, 6.07) is 7.15. The summed E-state index contributed by atoms with van der Waals surface area (Å²) < 4.78 is 40.4. The van der Waals surface area contributed by atoms with Gasteiger partial charge in [-0.3, -0.25) is 10.2 Å². The van der Waals surface area contributed by atoms with E-state index >= 15 is 0 Å². The van der Waals surface area contributed by atoms with Gasteiger partial charge in [0.05, 0.1) is 11.6 Å². The molecule has 1 amide bonds. The van der Waals surface area contributed by atoms with Gasteiger partial charge in [-0.05, 0) is 50.8 Å². The van der Waals surface area contributed by atoms with Gasteiger partial charge in [0.15, 0.2) is 0 Å². The molecule has 1 atom stereocenters. The molecule has 1 unspecified atom stereocenters. The van der Waals surface area contributed by atoms with Crippen LogP contribution in [-0.2, 0) is 11.2 Å². The fourth-order valence-electron chi connectivity index (χ4n) is 3.04. The van der Waals surface area contributed by atoms with Crippen molar-refractivity contribution in [1.29, 1.82) is 5.26 Å². The maximum absolute atomic E-state index is 13.5. The summed E-state index contributed by atoms with van der Waals surface area (Å²) in [7, 11) is 0. The number of rotatable bonds is 5. The monoisotopic (exact) mass is 339 g/mol. The van der Waals surface area contributed by atoms with Crippen molar-refractivity contribution in [3.05, 3.63) is 35.4 Å². The van der Waals surface area contributed by atoms with Crippen LogP contribution in [0.5, 0.6) is 0 Å². The number of nitrogens with zero attached hydrogens (tertiary/aromatic N) is 2. The zero-order chi connectivity index (χ0) is 18.0. The van der Waals surface area contributed by atoms with Gasteiger partial charge in [-0.25, -0.2) is 5.01 Å². The largest absolute Gasteiger partial charge is 0.405 e. The minimum atomic E-state index is -4.43. The molecule has 1 aromatic carbocycles. The van der Waals surface area contributed by atoms with Crippen LogP contribution in [-0.4, -0.2) is 28.7 Å². The second-order valence-electron chi connectivity index (χ2n) is 6.66.